The SMILES string of the molecule is CC.CCN1CCC(C)C(N)C1. The molecule has 0 aromatic heterocycles. The van der Waals surface area contributed by atoms with Gasteiger partial charge in [-0.3, -0.25) is 0 Å². The second-order valence-electron chi connectivity index (χ2n) is 3.32. The van der Waals surface area contributed by atoms with Crippen LogP contribution >= 0.6 is 0 Å². The standard InChI is InChI=1S/C8H18N2.C2H6/c1-3-10-5-4-7(2)8(9)6-10;1-2/h7-8H,3-6,9H2,1-2H3;1-2H3. The van der Waals surface area contributed by atoms with Gasteiger partial charge in [-0.05, 0) is 25.4 Å². The lowest BCUT2D eigenvalue weighted by Gasteiger charge is -2.34. The van der Waals surface area contributed by atoms with Crippen LogP contribution in [0.5, 0.6) is 0 Å². The molecule has 0 spiro atoms. The van der Waals surface area contributed by atoms with Gasteiger partial charge in [0.15, 0.2) is 0 Å². The lowest BCUT2D eigenvalue weighted by atomic mass is 9.94. The Bertz CT molecular complexity index is 104. The van der Waals surface area contributed by atoms with E-state index >= 15 is 0 Å². The first kappa shape index (κ1) is 11.9. The normalized spacial score (nSPS) is 30.8. The van der Waals surface area contributed by atoms with Gasteiger partial charge in [0.1, 0.15) is 0 Å². The highest BCUT2D eigenvalue weighted by Gasteiger charge is 2.21. The predicted molar refractivity (Wildman–Crippen MR) is 55.2 cm³/mol. The molecule has 2 nitrogen and oxygen atoms in total. The van der Waals surface area contributed by atoms with Gasteiger partial charge in [0.25, 0.3) is 0 Å². The predicted octanol–water partition coefficient (Wildman–Crippen LogP) is 1.70. The van der Waals surface area contributed by atoms with Crippen molar-refractivity contribution in [2.75, 3.05) is 19.6 Å². The third-order valence-electron chi connectivity index (χ3n) is 2.55. The Labute approximate surface area is 77.1 Å². The minimum Gasteiger partial charge on any atom is -0.326 e. The molecule has 0 aromatic rings. The average molecular weight is 172 g/mol. The van der Waals surface area contributed by atoms with E-state index in [4.69, 9.17) is 5.73 Å². The van der Waals surface area contributed by atoms with Crippen LogP contribution in [0.15, 0.2) is 0 Å². The Morgan fingerprint density at radius 1 is 1.42 bits per heavy atom. The van der Waals surface area contributed by atoms with E-state index in [1.54, 1.807) is 0 Å². The Hall–Kier alpha value is -0.0800. The smallest absolute Gasteiger partial charge is 0.0194 e. The minimum atomic E-state index is 0.411. The van der Waals surface area contributed by atoms with Gasteiger partial charge in [-0.25, -0.2) is 0 Å². The number of rotatable bonds is 1. The highest BCUT2D eigenvalue weighted by molar-refractivity contribution is 4.79. The van der Waals surface area contributed by atoms with Gasteiger partial charge in [-0.15, -0.1) is 0 Å². The molecule has 0 radical (unpaired) electrons. The fraction of sp³-hybridized carbons (Fsp3) is 1.00. The molecule has 12 heavy (non-hydrogen) atoms. The fourth-order valence-electron chi connectivity index (χ4n) is 1.46. The summed E-state index contributed by atoms with van der Waals surface area (Å²) in [7, 11) is 0. The largest absolute Gasteiger partial charge is 0.326 e. The lowest BCUT2D eigenvalue weighted by Crippen LogP contribution is -2.47. The zero-order valence-corrected chi connectivity index (χ0v) is 9.01. The monoisotopic (exact) mass is 172 g/mol. The van der Waals surface area contributed by atoms with Crippen molar-refractivity contribution >= 4 is 0 Å². The summed E-state index contributed by atoms with van der Waals surface area (Å²) in [5, 5.41) is 0. The number of piperidine rings is 1. The molecule has 1 aliphatic heterocycles. The molecule has 2 unspecified atom stereocenters. The van der Waals surface area contributed by atoms with Crippen molar-refractivity contribution in [2.24, 2.45) is 11.7 Å². The highest BCUT2D eigenvalue weighted by atomic mass is 15.1. The summed E-state index contributed by atoms with van der Waals surface area (Å²) in [6.07, 6.45) is 1.27. The van der Waals surface area contributed by atoms with E-state index in [0.717, 1.165) is 19.0 Å². The maximum absolute atomic E-state index is 5.90. The van der Waals surface area contributed by atoms with Crippen LogP contribution in [-0.4, -0.2) is 30.6 Å². The molecule has 1 aliphatic rings. The summed E-state index contributed by atoms with van der Waals surface area (Å²) >= 11 is 0. The molecule has 1 rings (SSSR count). The highest BCUT2D eigenvalue weighted by Crippen LogP contribution is 2.14. The van der Waals surface area contributed by atoms with Crippen LogP contribution in [0.1, 0.15) is 34.1 Å². The zero-order chi connectivity index (χ0) is 9.56. The van der Waals surface area contributed by atoms with Gasteiger partial charge in [0.05, 0.1) is 0 Å². The van der Waals surface area contributed by atoms with Crippen molar-refractivity contribution in [3.63, 3.8) is 0 Å². The van der Waals surface area contributed by atoms with Crippen LogP contribution in [-0.2, 0) is 0 Å². The van der Waals surface area contributed by atoms with Crippen molar-refractivity contribution < 1.29 is 0 Å². The van der Waals surface area contributed by atoms with E-state index in [9.17, 15) is 0 Å². The number of hydrogen-bond donors (Lipinski definition) is 1. The first-order chi connectivity index (χ1) is 5.74. The first-order valence-electron chi connectivity index (χ1n) is 5.22. The summed E-state index contributed by atoms with van der Waals surface area (Å²) in [6, 6.07) is 0.411. The molecule has 1 heterocycles. The van der Waals surface area contributed by atoms with Gasteiger partial charge in [-0.2, -0.15) is 0 Å². The summed E-state index contributed by atoms with van der Waals surface area (Å²) < 4.78 is 0. The number of hydrogen-bond acceptors (Lipinski definition) is 2. The van der Waals surface area contributed by atoms with Crippen LogP contribution in [0, 0.1) is 5.92 Å². The van der Waals surface area contributed by atoms with Gasteiger partial charge < -0.3 is 10.6 Å². The molecule has 1 fully saturated rings. The van der Waals surface area contributed by atoms with E-state index in [1.807, 2.05) is 13.8 Å². The van der Waals surface area contributed by atoms with Crippen molar-refractivity contribution in [3.05, 3.63) is 0 Å². The molecule has 0 amide bonds. The molecule has 2 N–H and O–H groups in total. The second kappa shape index (κ2) is 6.44. The minimum absolute atomic E-state index is 0.411. The van der Waals surface area contributed by atoms with E-state index in [1.165, 1.54) is 13.0 Å². The van der Waals surface area contributed by atoms with Crippen molar-refractivity contribution in [1.82, 2.24) is 4.90 Å². The van der Waals surface area contributed by atoms with Gasteiger partial charge >= 0.3 is 0 Å². The third-order valence-corrected chi connectivity index (χ3v) is 2.55. The Kier molecular flexibility index (Phi) is 6.39. The Morgan fingerprint density at radius 2 is 2.00 bits per heavy atom. The summed E-state index contributed by atoms with van der Waals surface area (Å²) in [6.45, 7) is 11.9. The number of likely N-dealkylation sites (N-methyl/N-ethyl adjacent to an activating group) is 1. The first-order valence-corrected chi connectivity index (χ1v) is 5.22. The van der Waals surface area contributed by atoms with Gasteiger partial charge in [-0.1, -0.05) is 27.7 Å². The summed E-state index contributed by atoms with van der Waals surface area (Å²) in [5.41, 5.74) is 5.90. The van der Waals surface area contributed by atoms with Crippen molar-refractivity contribution in [1.29, 1.82) is 0 Å². The van der Waals surface area contributed by atoms with Crippen LogP contribution in [0.25, 0.3) is 0 Å². The van der Waals surface area contributed by atoms with E-state index in [2.05, 4.69) is 18.7 Å². The maximum Gasteiger partial charge on any atom is 0.0194 e. The molecule has 2 heteroatoms. The number of nitrogens with zero attached hydrogens (tertiary/aromatic N) is 1. The average Bonchev–Trinajstić information content (AvgIpc) is 2.13. The summed E-state index contributed by atoms with van der Waals surface area (Å²) in [4.78, 5) is 2.42. The van der Waals surface area contributed by atoms with Crippen molar-refractivity contribution in [2.45, 2.75) is 40.2 Å². The topological polar surface area (TPSA) is 29.3 Å². The van der Waals surface area contributed by atoms with Crippen LogP contribution < -0.4 is 5.73 Å². The van der Waals surface area contributed by atoms with Crippen LogP contribution in [0.4, 0.5) is 0 Å². The number of likely N-dealkylation sites (tertiary alicyclic amines) is 1. The van der Waals surface area contributed by atoms with E-state index < -0.39 is 0 Å². The molecule has 0 aromatic carbocycles. The van der Waals surface area contributed by atoms with E-state index in [0.29, 0.717) is 6.04 Å². The van der Waals surface area contributed by atoms with Crippen LogP contribution in [0.3, 0.4) is 0 Å². The second-order valence-corrected chi connectivity index (χ2v) is 3.32. The third kappa shape index (κ3) is 3.55. The summed E-state index contributed by atoms with van der Waals surface area (Å²) in [5.74, 6) is 0.725. The van der Waals surface area contributed by atoms with Gasteiger partial charge in [0.2, 0.25) is 0 Å². The molecule has 1 saturated heterocycles. The molecule has 74 valence electrons. The molecular weight excluding hydrogens is 148 g/mol. The molecule has 0 bridgehead atoms. The van der Waals surface area contributed by atoms with Gasteiger partial charge in [0, 0.05) is 12.6 Å². The van der Waals surface area contributed by atoms with E-state index in [-0.39, 0.29) is 0 Å². The molecule has 2 atom stereocenters. The van der Waals surface area contributed by atoms with Crippen molar-refractivity contribution in [3.8, 4) is 0 Å². The Morgan fingerprint density at radius 3 is 2.42 bits per heavy atom. The lowest BCUT2D eigenvalue weighted by molar-refractivity contribution is 0.176. The molecular formula is C10H24N2. The zero-order valence-electron chi connectivity index (χ0n) is 9.01. The molecule has 0 aliphatic carbocycles. The van der Waals surface area contributed by atoms with Crippen LogP contribution in [0.2, 0.25) is 0 Å². The maximum atomic E-state index is 5.90. The quantitative estimate of drug-likeness (QED) is 0.652. The molecule has 0 saturated carbocycles. The number of nitrogens with two attached hydrogens (primary N) is 1. The fourth-order valence-corrected chi connectivity index (χ4v) is 1.46. The Balaban J connectivity index is 0.000000561.